The number of phenols is 1. The van der Waals surface area contributed by atoms with Gasteiger partial charge in [-0.1, -0.05) is 6.07 Å². The molecule has 1 heterocycles. The summed E-state index contributed by atoms with van der Waals surface area (Å²) in [6.45, 7) is 6.04. The summed E-state index contributed by atoms with van der Waals surface area (Å²) >= 11 is 3.28. The van der Waals surface area contributed by atoms with Crippen molar-refractivity contribution in [2.24, 2.45) is 10.7 Å². The van der Waals surface area contributed by atoms with E-state index in [0.29, 0.717) is 17.0 Å². The highest BCUT2D eigenvalue weighted by molar-refractivity contribution is 9.10. The number of aliphatic imine (C=N–C) groups is 1. The van der Waals surface area contributed by atoms with Crippen molar-refractivity contribution in [1.29, 1.82) is 0 Å². The Morgan fingerprint density at radius 1 is 1.41 bits per heavy atom. The smallest absolute Gasteiger partial charge is 0.188 e. The molecule has 6 nitrogen and oxygen atoms in total. The maximum atomic E-state index is 9.44. The highest BCUT2D eigenvalue weighted by atomic mass is 79.9. The molecule has 0 amide bonds. The maximum Gasteiger partial charge on any atom is 0.188 e. The number of rotatable bonds is 6. The molecular weight excluding hydrogens is 348 g/mol. The Morgan fingerprint density at radius 3 is 2.91 bits per heavy atom. The Kier molecular flexibility index (Phi) is 6.95. The molecule has 0 aliphatic carbocycles. The lowest BCUT2D eigenvalue weighted by molar-refractivity contribution is 0.0376. The average Bonchev–Trinajstić information content (AvgIpc) is 2.54. The van der Waals surface area contributed by atoms with E-state index < -0.39 is 0 Å². The highest BCUT2D eigenvalue weighted by Crippen LogP contribution is 2.24. The summed E-state index contributed by atoms with van der Waals surface area (Å²) in [5.74, 6) is 0.674. The van der Waals surface area contributed by atoms with Crippen molar-refractivity contribution in [1.82, 2.24) is 10.2 Å². The van der Waals surface area contributed by atoms with E-state index in [4.69, 9.17) is 10.5 Å². The van der Waals surface area contributed by atoms with Gasteiger partial charge < -0.3 is 20.9 Å². The standard InChI is InChI=1S/C15H23BrN4O2/c16-13-10-12(2-3-14(13)21)11-19-15(17)18-4-1-5-20-6-8-22-9-7-20/h2-3,10,21H,1,4-9,11H2,(H3,17,18,19). The Bertz CT molecular complexity index is 504. The van der Waals surface area contributed by atoms with Crippen LogP contribution >= 0.6 is 15.9 Å². The second kappa shape index (κ2) is 8.97. The summed E-state index contributed by atoms with van der Waals surface area (Å²) in [4.78, 5) is 6.69. The first-order valence-corrected chi connectivity index (χ1v) is 8.26. The molecular formula is C15H23BrN4O2. The van der Waals surface area contributed by atoms with Gasteiger partial charge in [-0.3, -0.25) is 4.90 Å². The largest absolute Gasteiger partial charge is 0.507 e. The van der Waals surface area contributed by atoms with Gasteiger partial charge in [0.25, 0.3) is 0 Å². The Hall–Kier alpha value is -1.31. The number of morpholine rings is 1. The number of halogens is 1. The molecule has 0 aromatic heterocycles. The van der Waals surface area contributed by atoms with E-state index in [-0.39, 0.29) is 5.75 Å². The number of guanidine groups is 1. The molecule has 1 saturated heterocycles. The number of benzene rings is 1. The third-order valence-corrected chi connectivity index (χ3v) is 4.14. The number of ether oxygens (including phenoxy) is 1. The van der Waals surface area contributed by atoms with Gasteiger partial charge >= 0.3 is 0 Å². The van der Waals surface area contributed by atoms with Gasteiger partial charge in [-0.25, -0.2) is 4.99 Å². The highest BCUT2D eigenvalue weighted by Gasteiger charge is 2.08. The molecule has 1 aliphatic heterocycles. The number of nitrogens with one attached hydrogen (secondary N) is 1. The average molecular weight is 371 g/mol. The van der Waals surface area contributed by atoms with Crippen LogP contribution in [0.4, 0.5) is 0 Å². The van der Waals surface area contributed by atoms with E-state index in [1.807, 2.05) is 12.1 Å². The monoisotopic (exact) mass is 370 g/mol. The fraction of sp³-hybridized carbons (Fsp3) is 0.533. The van der Waals surface area contributed by atoms with Crippen LogP contribution in [0.25, 0.3) is 0 Å². The second-order valence-electron chi connectivity index (χ2n) is 5.22. The first-order chi connectivity index (χ1) is 10.6. The van der Waals surface area contributed by atoms with Crippen LogP contribution < -0.4 is 11.1 Å². The molecule has 122 valence electrons. The zero-order valence-electron chi connectivity index (χ0n) is 12.6. The normalized spacial score (nSPS) is 16.7. The lowest BCUT2D eigenvalue weighted by atomic mass is 10.2. The third kappa shape index (κ3) is 5.82. The molecule has 4 N–H and O–H groups in total. The van der Waals surface area contributed by atoms with E-state index in [0.717, 1.165) is 51.4 Å². The van der Waals surface area contributed by atoms with Crippen LogP contribution in [0, 0.1) is 0 Å². The summed E-state index contributed by atoms with van der Waals surface area (Å²) in [6, 6.07) is 5.31. The number of nitrogens with two attached hydrogens (primary N) is 1. The lowest BCUT2D eigenvalue weighted by Crippen LogP contribution is -2.39. The summed E-state index contributed by atoms with van der Waals surface area (Å²) in [5, 5.41) is 12.6. The van der Waals surface area contributed by atoms with Gasteiger partial charge in [-0.2, -0.15) is 0 Å². The minimum Gasteiger partial charge on any atom is -0.507 e. The van der Waals surface area contributed by atoms with E-state index in [1.165, 1.54) is 0 Å². The van der Waals surface area contributed by atoms with E-state index in [2.05, 4.69) is 31.1 Å². The molecule has 2 rings (SSSR count). The van der Waals surface area contributed by atoms with Gasteiger partial charge in [0, 0.05) is 19.6 Å². The Morgan fingerprint density at radius 2 is 2.18 bits per heavy atom. The van der Waals surface area contributed by atoms with Crippen molar-refractivity contribution >= 4 is 21.9 Å². The van der Waals surface area contributed by atoms with Gasteiger partial charge in [0.1, 0.15) is 5.75 Å². The fourth-order valence-corrected chi connectivity index (χ4v) is 2.65. The SMILES string of the molecule is NC(=NCc1ccc(O)c(Br)c1)NCCCN1CCOCC1. The third-order valence-electron chi connectivity index (χ3n) is 3.51. The molecule has 0 saturated carbocycles. The molecule has 0 unspecified atom stereocenters. The van der Waals surface area contributed by atoms with Gasteiger partial charge in [0.05, 0.1) is 24.2 Å². The van der Waals surface area contributed by atoms with Gasteiger partial charge in [-0.15, -0.1) is 0 Å². The topological polar surface area (TPSA) is 83.1 Å². The van der Waals surface area contributed by atoms with E-state index >= 15 is 0 Å². The second-order valence-corrected chi connectivity index (χ2v) is 6.08. The quantitative estimate of drug-likeness (QED) is 0.399. The number of nitrogens with zero attached hydrogens (tertiary/aromatic N) is 2. The fourth-order valence-electron chi connectivity index (χ4n) is 2.23. The summed E-state index contributed by atoms with van der Waals surface area (Å²) in [5.41, 5.74) is 6.84. The molecule has 0 atom stereocenters. The number of phenolic OH excluding ortho intramolecular Hbond substituents is 1. The summed E-state index contributed by atoms with van der Waals surface area (Å²) < 4.78 is 5.98. The predicted molar refractivity (Wildman–Crippen MR) is 91.0 cm³/mol. The zero-order chi connectivity index (χ0) is 15.8. The molecule has 1 aliphatic rings. The van der Waals surface area contributed by atoms with Gasteiger partial charge in [0.2, 0.25) is 0 Å². The van der Waals surface area contributed by atoms with Crippen LogP contribution in [-0.2, 0) is 11.3 Å². The lowest BCUT2D eigenvalue weighted by Gasteiger charge is -2.26. The van der Waals surface area contributed by atoms with Crippen molar-refractivity contribution in [3.8, 4) is 5.75 Å². The van der Waals surface area contributed by atoms with E-state index in [1.54, 1.807) is 6.07 Å². The first kappa shape index (κ1) is 17.1. The Labute approximate surface area is 139 Å². The predicted octanol–water partition coefficient (Wildman–Crippen LogP) is 1.28. The molecule has 0 radical (unpaired) electrons. The van der Waals surface area contributed by atoms with Crippen LogP contribution in [-0.4, -0.2) is 55.4 Å². The number of hydrogen-bond acceptors (Lipinski definition) is 4. The Balaban J connectivity index is 1.65. The molecule has 0 bridgehead atoms. The number of aromatic hydroxyl groups is 1. The molecule has 22 heavy (non-hydrogen) atoms. The minimum absolute atomic E-state index is 0.224. The van der Waals surface area contributed by atoms with Crippen molar-refractivity contribution in [3.63, 3.8) is 0 Å². The van der Waals surface area contributed by atoms with Crippen LogP contribution in [0.15, 0.2) is 27.7 Å². The van der Waals surface area contributed by atoms with Crippen molar-refractivity contribution in [2.75, 3.05) is 39.4 Å². The van der Waals surface area contributed by atoms with Crippen LogP contribution in [0.5, 0.6) is 5.75 Å². The molecule has 7 heteroatoms. The van der Waals surface area contributed by atoms with Crippen LogP contribution in [0.3, 0.4) is 0 Å². The summed E-state index contributed by atoms with van der Waals surface area (Å²) in [7, 11) is 0. The molecule has 1 aromatic rings. The minimum atomic E-state index is 0.224. The van der Waals surface area contributed by atoms with Gasteiger partial charge in [0.15, 0.2) is 5.96 Å². The number of hydrogen-bond donors (Lipinski definition) is 3. The van der Waals surface area contributed by atoms with Crippen molar-refractivity contribution < 1.29 is 9.84 Å². The zero-order valence-corrected chi connectivity index (χ0v) is 14.2. The maximum absolute atomic E-state index is 9.44. The molecule has 1 aromatic carbocycles. The molecule has 0 spiro atoms. The van der Waals surface area contributed by atoms with Gasteiger partial charge in [-0.05, 0) is 46.6 Å². The molecule has 1 fully saturated rings. The van der Waals surface area contributed by atoms with Crippen molar-refractivity contribution in [2.45, 2.75) is 13.0 Å². The van der Waals surface area contributed by atoms with Crippen molar-refractivity contribution in [3.05, 3.63) is 28.2 Å². The summed E-state index contributed by atoms with van der Waals surface area (Å²) in [6.07, 6.45) is 1.03. The van der Waals surface area contributed by atoms with Crippen LogP contribution in [0.1, 0.15) is 12.0 Å². The first-order valence-electron chi connectivity index (χ1n) is 7.46. The van der Waals surface area contributed by atoms with Crippen LogP contribution in [0.2, 0.25) is 0 Å². The van der Waals surface area contributed by atoms with E-state index in [9.17, 15) is 5.11 Å².